The van der Waals surface area contributed by atoms with Crippen LogP contribution in [0.3, 0.4) is 0 Å². The summed E-state index contributed by atoms with van der Waals surface area (Å²) in [6, 6.07) is 76.4. The standard InChI is InChI=1S/C54H35NO/c1-2-12-38(13-3-1)47-16-8-9-19-50(47)55(51-20-10-18-49-53-48-17-7-6-14-39(48)29-32-52(53)56-54(49)51)46-30-27-37(28-31-46)41-23-24-44-35-45(26-25-43(44)34-41)42-22-21-36-11-4-5-15-40(36)33-42/h1-35H. The lowest BCUT2D eigenvalue weighted by Crippen LogP contribution is -2.11. The van der Waals surface area contributed by atoms with Gasteiger partial charge in [-0.3, -0.25) is 0 Å². The Labute approximate surface area is 325 Å². The van der Waals surface area contributed by atoms with Gasteiger partial charge < -0.3 is 9.32 Å². The molecule has 10 aromatic carbocycles. The molecule has 11 rings (SSSR count). The maximum Gasteiger partial charge on any atom is 0.159 e. The molecule has 1 aromatic heterocycles. The molecule has 0 aliphatic rings. The van der Waals surface area contributed by atoms with E-state index < -0.39 is 0 Å². The van der Waals surface area contributed by atoms with Crippen LogP contribution in [0.1, 0.15) is 0 Å². The molecule has 0 saturated heterocycles. The number of nitrogens with zero attached hydrogens (tertiary/aromatic N) is 1. The summed E-state index contributed by atoms with van der Waals surface area (Å²) in [6.07, 6.45) is 0. The van der Waals surface area contributed by atoms with E-state index in [2.05, 4.69) is 217 Å². The highest BCUT2D eigenvalue weighted by atomic mass is 16.3. The van der Waals surface area contributed by atoms with Crippen molar-refractivity contribution in [1.82, 2.24) is 0 Å². The van der Waals surface area contributed by atoms with Crippen molar-refractivity contribution >= 4 is 71.3 Å². The maximum atomic E-state index is 6.81. The van der Waals surface area contributed by atoms with Gasteiger partial charge in [0.15, 0.2) is 5.58 Å². The third kappa shape index (κ3) is 5.42. The molecule has 0 aliphatic heterocycles. The predicted molar refractivity (Wildman–Crippen MR) is 237 cm³/mol. The quantitative estimate of drug-likeness (QED) is 0.171. The number of furan rings is 1. The lowest BCUT2D eigenvalue weighted by Gasteiger charge is -2.28. The van der Waals surface area contributed by atoms with Gasteiger partial charge in [0.2, 0.25) is 0 Å². The highest BCUT2D eigenvalue weighted by molar-refractivity contribution is 6.21. The van der Waals surface area contributed by atoms with E-state index >= 15 is 0 Å². The van der Waals surface area contributed by atoms with Crippen LogP contribution in [0.4, 0.5) is 17.1 Å². The molecular weight excluding hydrogens is 679 g/mol. The van der Waals surface area contributed by atoms with Gasteiger partial charge in [-0.25, -0.2) is 0 Å². The zero-order valence-electron chi connectivity index (χ0n) is 30.6. The highest BCUT2D eigenvalue weighted by Crippen LogP contribution is 2.46. The maximum absolute atomic E-state index is 6.81. The van der Waals surface area contributed by atoms with Gasteiger partial charge in [0, 0.05) is 22.0 Å². The van der Waals surface area contributed by atoms with Crippen molar-refractivity contribution in [3.63, 3.8) is 0 Å². The van der Waals surface area contributed by atoms with E-state index in [-0.39, 0.29) is 0 Å². The first-order chi connectivity index (χ1) is 27.7. The van der Waals surface area contributed by atoms with Crippen LogP contribution in [0, 0.1) is 0 Å². The average molecular weight is 714 g/mol. The summed E-state index contributed by atoms with van der Waals surface area (Å²) in [5, 5.41) is 9.62. The summed E-state index contributed by atoms with van der Waals surface area (Å²) in [6.45, 7) is 0. The average Bonchev–Trinajstić information content (AvgIpc) is 3.67. The monoisotopic (exact) mass is 713 g/mol. The minimum Gasteiger partial charge on any atom is -0.454 e. The van der Waals surface area contributed by atoms with Gasteiger partial charge in [-0.05, 0) is 109 Å². The first kappa shape index (κ1) is 32.0. The number of hydrogen-bond acceptors (Lipinski definition) is 2. The third-order valence-corrected chi connectivity index (χ3v) is 11.2. The molecule has 1 heterocycles. The summed E-state index contributed by atoms with van der Waals surface area (Å²) in [7, 11) is 0. The second kappa shape index (κ2) is 13.2. The molecule has 0 atom stereocenters. The van der Waals surface area contributed by atoms with Crippen LogP contribution in [-0.2, 0) is 0 Å². The SMILES string of the molecule is c1ccc(-c2ccccc2N(c2ccc(-c3ccc4cc(-c5ccc6ccccc6c5)ccc4c3)cc2)c2cccc3c2oc2ccc4ccccc4c23)cc1. The topological polar surface area (TPSA) is 16.4 Å². The van der Waals surface area contributed by atoms with Crippen molar-refractivity contribution in [2.24, 2.45) is 0 Å². The summed E-state index contributed by atoms with van der Waals surface area (Å²) in [5.74, 6) is 0. The molecule has 0 spiro atoms. The highest BCUT2D eigenvalue weighted by Gasteiger charge is 2.22. The number of rotatable bonds is 6. The van der Waals surface area contributed by atoms with Crippen LogP contribution >= 0.6 is 0 Å². The Bertz CT molecular complexity index is 3250. The fraction of sp³-hybridized carbons (Fsp3) is 0. The fourth-order valence-electron chi connectivity index (χ4n) is 8.44. The molecule has 0 amide bonds. The van der Waals surface area contributed by atoms with Gasteiger partial charge in [-0.15, -0.1) is 0 Å². The van der Waals surface area contributed by atoms with Gasteiger partial charge >= 0.3 is 0 Å². The lowest BCUT2D eigenvalue weighted by molar-refractivity contribution is 0.669. The molecule has 0 aliphatic carbocycles. The van der Waals surface area contributed by atoms with Gasteiger partial charge in [-0.2, -0.15) is 0 Å². The number of para-hydroxylation sites is 2. The van der Waals surface area contributed by atoms with E-state index in [1.54, 1.807) is 0 Å². The van der Waals surface area contributed by atoms with Gasteiger partial charge in [0.1, 0.15) is 5.58 Å². The van der Waals surface area contributed by atoms with Crippen molar-refractivity contribution in [3.05, 3.63) is 212 Å². The van der Waals surface area contributed by atoms with E-state index in [4.69, 9.17) is 4.42 Å². The molecule has 2 heteroatoms. The van der Waals surface area contributed by atoms with Crippen molar-refractivity contribution in [2.45, 2.75) is 0 Å². The molecular formula is C54H35NO. The van der Waals surface area contributed by atoms with E-state index in [0.717, 1.165) is 50.1 Å². The molecule has 0 unspecified atom stereocenters. The summed E-state index contributed by atoms with van der Waals surface area (Å²) < 4.78 is 6.81. The van der Waals surface area contributed by atoms with E-state index in [9.17, 15) is 0 Å². The Hall–Kier alpha value is -7.42. The zero-order chi connectivity index (χ0) is 37.0. The molecule has 56 heavy (non-hydrogen) atoms. The normalized spacial score (nSPS) is 11.6. The summed E-state index contributed by atoms with van der Waals surface area (Å²) in [4.78, 5) is 2.35. The minimum atomic E-state index is 0.864. The number of benzene rings is 10. The summed E-state index contributed by atoms with van der Waals surface area (Å²) >= 11 is 0. The van der Waals surface area contributed by atoms with Crippen molar-refractivity contribution in [2.75, 3.05) is 4.90 Å². The van der Waals surface area contributed by atoms with Crippen LogP contribution in [-0.4, -0.2) is 0 Å². The summed E-state index contributed by atoms with van der Waals surface area (Å²) in [5.41, 5.74) is 12.0. The Morgan fingerprint density at radius 3 is 1.62 bits per heavy atom. The van der Waals surface area contributed by atoms with Crippen molar-refractivity contribution < 1.29 is 4.42 Å². The first-order valence-corrected chi connectivity index (χ1v) is 19.2. The van der Waals surface area contributed by atoms with E-state index in [1.807, 2.05) is 0 Å². The van der Waals surface area contributed by atoms with E-state index in [1.165, 1.54) is 54.6 Å². The first-order valence-electron chi connectivity index (χ1n) is 19.2. The molecule has 262 valence electrons. The Morgan fingerprint density at radius 1 is 0.321 bits per heavy atom. The van der Waals surface area contributed by atoms with Crippen LogP contribution < -0.4 is 4.90 Å². The molecule has 2 nitrogen and oxygen atoms in total. The third-order valence-electron chi connectivity index (χ3n) is 11.2. The molecule has 0 N–H and O–H groups in total. The number of fused-ring (bicyclic) bond motifs is 7. The Balaban J connectivity index is 1.02. The van der Waals surface area contributed by atoms with Gasteiger partial charge in [-0.1, -0.05) is 164 Å². The molecule has 11 aromatic rings. The van der Waals surface area contributed by atoms with Crippen LogP contribution in [0.5, 0.6) is 0 Å². The molecule has 0 radical (unpaired) electrons. The van der Waals surface area contributed by atoms with Gasteiger partial charge in [0.05, 0.1) is 11.4 Å². The van der Waals surface area contributed by atoms with Crippen LogP contribution in [0.2, 0.25) is 0 Å². The van der Waals surface area contributed by atoms with E-state index in [0.29, 0.717) is 0 Å². The lowest BCUT2D eigenvalue weighted by atomic mass is 9.96. The second-order valence-corrected chi connectivity index (χ2v) is 14.5. The van der Waals surface area contributed by atoms with Crippen molar-refractivity contribution in [1.29, 1.82) is 0 Å². The van der Waals surface area contributed by atoms with Crippen molar-refractivity contribution in [3.8, 4) is 33.4 Å². The minimum absolute atomic E-state index is 0.864. The smallest absolute Gasteiger partial charge is 0.159 e. The van der Waals surface area contributed by atoms with Gasteiger partial charge in [0.25, 0.3) is 0 Å². The zero-order valence-corrected chi connectivity index (χ0v) is 30.6. The fourth-order valence-corrected chi connectivity index (χ4v) is 8.44. The predicted octanol–water partition coefficient (Wildman–Crippen LogP) is 15.5. The molecule has 0 bridgehead atoms. The number of hydrogen-bond donors (Lipinski definition) is 0. The van der Waals surface area contributed by atoms with Crippen LogP contribution in [0.15, 0.2) is 217 Å². The Kier molecular flexibility index (Phi) is 7.53. The second-order valence-electron chi connectivity index (χ2n) is 14.5. The molecule has 0 saturated carbocycles. The largest absolute Gasteiger partial charge is 0.454 e. The molecule has 0 fully saturated rings. The Morgan fingerprint density at radius 2 is 0.857 bits per heavy atom. The number of anilines is 3. The van der Waals surface area contributed by atoms with Crippen LogP contribution in [0.25, 0.3) is 87.6 Å².